The van der Waals surface area contributed by atoms with Crippen LogP contribution in [0.5, 0.6) is 11.5 Å². The lowest BCUT2D eigenvalue weighted by Gasteiger charge is -2.13. The van der Waals surface area contributed by atoms with E-state index in [4.69, 9.17) is 25.5 Å². The minimum absolute atomic E-state index is 0.158. The Hall–Kier alpha value is -2.26. The average Bonchev–Trinajstić information content (AvgIpc) is 3.08. The summed E-state index contributed by atoms with van der Waals surface area (Å²) in [7, 11) is 0. The van der Waals surface area contributed by atoms with Gasteiger partial charge in [0.1, 0.15) is 5.58 Å². The molecule has 1 N–H and O–H groups in total. The number of rotatable bonds is 7. The number of nitrogens with one attached hydrogen (secondary N) is 1. The quantitative estimate of drug-likeness (QED) is 0.267. The highest BCUT2D eigenvalue weighted by molar-refractivity contribution is 14.1. The van der Waals surface area contributed by atoms with Gasteiger partial charge in [-0.3, -0.25) is 4.79 Å². The molecule has 0 unspecified atom stereocenters. The Kier molecular flexibility index (Phi) is 6.79. The highest BCUT2D eigenvalue weighted by Gasteiger charge is 2.13. The summed E-state index contributed by atoms with van der Waals surface area (Å²) in [5.74, 6) is 1.05. The van der Waals surface area contributed by atoms with E-state index in [0.717, 1.165) is 14.5 Å². The second-order valence-corrected chi connectivity index (χ2v) is 7.29. The van der Waals surface area contributed by atoms with Gasteiger partial charge in [-0.05, 0) is 78.4 Å². The molecular weight excluding hydrogens is 495 g/mol. The molecule has 1 heterocycles. The molecule has 6 nitrogen and oxygen atoms in total. The topological polar surface area (TPSA) is 73.1 Å². The van der Waals surface area contributed by atoms with Crippen LogP contribution in [0.25, 0.3) is 11.0 Å². The number of hydrogen-bond acceptors (Lipinski definition) is 5. The van der Waals surface area contributed by atoms with Gasteiger partial charge in [0.05, 0.1) is 23.0 Å². The lowest BCUT2D eigenvalue weighted by atomic mass is 10.2. The fourth-order valence-electron chi connectivity index (χ4n) is 2.56. The van der Waals surface area contributed by atoms with E-state index in [1.54, 1.807) is 24.3 Å². The maximum atomic E-state index is 12.3. The molecule has 0 radical (unpaired) electrons. The zero-order valence-corrected chi connectivity index (χ0v) is 18.2. The van der Waals surface area contributed by atoms with E-state index in [2.05, 4.69) is 33.1 Å². The number of carbonyl (C=O) groups is 1. The number of amides is 1. The van der Waals surface area contributed by atoms with Crippen LogP contribution in [0.4, 0.5) is 0 Å². The Morgan fingerprint density at radius 1 is 1.21 bits per heavy atom. The molecule has 0 aliphatic rings. The number of benzene rings is 2. The van der Waals surface area contributed by atoms with E-state index in [1.807, 2.05) is 26.0 Å². The molecule has 1 aromatic heterocycles. The maximum Gasteiger partial charge on any atom is 0.307 e. The molecule has 3 aromatic rings. The van der Waals surface area contributed by atoms with Crippen LogP contribution in [-0.4, -0.2) is 25.3 Å². The van der Waals surface area contributed by atoms with Gasteiger partial charge >= 0.3 is 5.91 Å². The molecule has 0 aliphatic carbocycles. The van der Waals surface area contributed by atoms with Gasteiger partial charge in [-0.2, -0.15) is 5.10 Å². The second kappa shape index (κ2) is 9.29. The summed E-state index contributed by atoms with van der Waals surface area (Å²) >= 11 is 8.13. The summed E-state index contributed by atoms with van der Waals surface area (Å²) < 4.78 is 17.7. The van der Waals surface area contributed by atoms with Crippen molar-refractivity contribution in [2.45, 2.75) is 13.8 Å². The highest BCUT2D eigenvalue weighted by atomic mass is 127. The third-order valence-corrected chi connectivity index (χ3v) is 4.74. The van der Waals surface area contributed by atoms with E-state index in [-0.39, 0.29) is 5.76 Å². The van der Waals surface area contributed by atoms with Crippen molar-refractivity contribution >= 4 is 57.3 Å². The van der Waals surface area contributed by atoms with E-state index >= 15 is 0 Å². The van der Waals surface area contributed by atoms with Gasteiger partial charge < -0.3 is 13.9 Å². The molecule has 0 saturated heterocycles. The summed E-state index contributed by atoms with van der Waals surface area (Å²) in [6.45, 7) is 4.89. The Labute approximate surface area is 181 Å². The van der Waals surface area contributed by atoms with Crippen molar-refractivity contribution < 1.29 is 18.7 Å². The predicted octanol–water partition coefficient (Wildman–Crippen LogP) is 5.25. The molecule has 0 saturated carbocycles. The first-order chi connectivity index (χ1) is 13.5. The van der Waals surface area contributed by atoms with Crippen LogP contribution >= 0.6 is 34.2 Å². The SMILES string of the molecule is CCOc1cc(/C=N/NC(=O)c2cc3cc(Cl)ccc3o2)cc(I)c1OCC. The molecule has 0 aliphatic heterocycles. The standard InChI is InChI=1S/C20H18ClIN2O4/c1-3-26-17-8-12(7-15(22)19(17)27-4-2)11-23-24-20(25)18-10-13-9-14(21)5-6-16(13)28-18/h5-11H,3-4H2,1-2H3,(H,24,25)/b23-11+. The van der Waals surface area contributed by atoms with Crippen molar-refractivity contribution in [3.63, 3.8) is 0 Å². The van der Waals surface area contributed by atoms with Crippen molar-refractivity contribution in [2.24, 2.45) is 5.10 Å². The number of nitrogens with zero attached hydrogens (tertiary/aromatic N) is 1. The molecule has 28 heavy (non-hydrogen) atoms. The van der Waals surface area contributed by atoms with E-state index < -0.39 is 5.91 Å². The molecule has 146 valence electrons. The third kappa shape index (κ3) is 4.77. The lowest BCUT2D eigenvalue weighted by Crippen LogP contribution is -2.16. The monoisotopic (exact) mass is 512 g/mol. The summed E-state index contributed by atoms with van der Waals surface area (Å²) in [5.41, 5.74) is 3.82. The molecule has 0 spiro atoms. The maximum absolute atomic E-state index is 12.3. The smallest absolute Gasteiger partial charge is 0.307 e. The highest BCUT2D eigenvalue weighted by Crippen LogP contribution is 2.33. The number of fused-ring (bicyclic) bond motifs is 1. The number of carbonyl (C=O) groups excluding carboxylic acids is 1. The molecule has 2 aromatic carbocycles. The Morgan fingerprint density at radius 3 is 2.75 bits per heavy atom. The Balaban J connectivity index is 1.74. The summed E-state index contributed by atoms with van der Waals surface area (Å²) in [6.07, 6.45) is 1.54. The van der Waals surface area contributed by atoms with Crippen LogP contribution < -0.4 is 14.9 Å². The first kappa shape index (κ1) is 20.5. The molecular formula is C20H18ClIN2O4. The zero-order chi connectivity index (χ0) is 20.1. The first-order valence-electron chi connectivity index (χ1n) is 8.63. The summed E-state index contributed by atoms with van der Waals surface area (Å²) in [4.78, 5) is 12.3. The number of hydrazone groups is 1. The van der Waals surface area contributed by atoms with Crippen molar-refractivity contribution in [3.8, 4) is 11.5 Å². The first-order valence-corrected chi connectivity index (χ1v) is 10.1. The van der Waals surface area contributed by atoms with Gasteiger partial charge in [-0.15, -0.1) is 0 Å². The number of halogens is 2. The molecule has 8 heteroatoms. The van der Waals surface area contributed by atoms with Gasteiger partial charge in [-0.25, -0.2) is 5.43 Å². The molecule has 3 rings (SSSR count). The normalized spacial score (nSPS) is 11.1. The van der Waals surface area contributed by atoms with E-state index in [1.165, 1.54) is 6.21 Å². The minimum atomic E-state index is -0.450. The van der Waals surface area contributed by atoms with Crippen LogP contribution in [0.3, 0.4) is 0 Å². The van der Waals surface area contributed by atoms with Crippen molar-refractivity contribution in [1.82, 2.24) is 5.43 Å². The van der Waals surface area contributed by atoms with Gasteiger partial charge in [0, 0.05) is 10.4 Å². The van der Waals surface area contributed by atoms with E-state index in [9.17, 15) is 4.79 Å². The fraction of sp³-hybridized carbons (Fsp3) is 0.200. The number of ether oxygens (including phenoxy) is 2. The number of furan rings is 1. The van der Waals surface area contributed by atoms with Gasteiger partial charge in [-0.1, -0.05) is 11.6 Å². The van der Waals surface area contributed by atoms with Crippen LogP contribution in [0, 0.1) is 3.57 Å². The summed E-state index contributed by atoms with van der Waals surface area (Å²) in [5, 5.41) is 5.34. The molecule has 0 atom stereocenters. The summed E-state index contributed by atoms with van der Waals surface area (Å²) in [6, 6.07) is 10.5. The largest absolute Gasteiger partial charge is 0.490 e. The Bertz CT molecular complexity index is 1030. The molecule has 0 fully saturated rings. The lowest BCUT2D eigenvalue weighted by molar-refractivity contribution is 0.0929. The molecule has 0 bridgehead atoms. The number of hydrogen-bond donors (Lipinski definition) is 1. The van der Waals surface area contributed by atoms with E-state index in [0.29, 0.717) is 35.3 Å². The fourth-order valence-corrected chi connectivity index (χ4v) is 3.52. The van der Waals surface area contributed by atoms with Gasteiger partial charge in [0.15, 0.2) is 17.3 Å². The van der Waals surface area contributed by atoms with Crippen LogP contribution in [0.2, 0.25) is 5.02 Å². The van der Waals surface area contributed by atoms with Crippen molar-refractivity contribution in [1.29, 1.82) is 0 Å². The van der Waals surface area contributed by atoms with Crippen LogP contribution in [0.1, 0.15) is 30.0 Å². The second-order valence-electron chi connectivity index (χ2n) is 5.69. The molecule has 1 amide bonds. The van der Waals surface area contributed by atoms with Crippen molar-refractivity contribution in [3.05, 3.63) is 56.3 Å². The minimum Gasteiger partial charge on any atom is -0.490 e. The van der Waals surface area contributed by atoms with Gasteiger partial charge in [0.25, 0.3) is 0 Å². The van der Waals surface area contributed by atoms with Crippen LogP contribution in [-0.2, 0) is 0 Å². The predicted molar refractivity (Wildman–Crippen MR) is 118 cm³/mol. The van der Waals surface area contributed by atoms with Crippen LogP contribution in [0.15, 0.2) is 45.9 Å². The average molecular weight is 513 g/mol. The third-order valence-electron chi connectivity index (χ3n) is 3.70. The van der Waals surface area contributed by atoms with Gasteiger partial charge in [0.2, 0.25) is 0 Å². The zero-order valence-electron chi connectivity index (χ0n) is 15.3. The Morgan fingerprint density at radius 2 is 2.00 bits per heavy atom. The van der Waals surface area contributed by atoms with Crippen molar-refractivity contribution in [2.75, 3.05) is 13.2 Å².